The molecular formula is C29H35FN2O5. The first-order chi connectivity index (χ1) is 17.6. The highest BCUT2D eigenvalue weighted by Gasteiger charge is 2.29. The largest absolute Gasteiger partial charge is 0.482 e. The average molecular weight is 511 g/mol. The molecule has 2 heterocycles. The normalized spacial score (nSPS) is 17.1. The molecule has 8 heteroatoms. The van der Waals surface area contributed by atoms with E-state index in [-0.39, 0.29) is 25.0 Å². The van der Waals surface area contributed by atoms with E-state index in [0.717, 1.165) is 22.1 Å². The second-order valence-electron chi connectivity index (χ2n) is 10.5. The van der Waals surface area contributed by atoms with Gasteiger partial charge in [-0.3, -0.25) is 9.69 Å². The van der Waals surface area contributed by atoms with E-state index in [1.807, 2.05) is 47.4 Å². The van der Waals surface area contributed by atoms with Crippen molar-refractivity contribution in [2.24, 2.45) is 0 Å². The summed E-state index contributed by atoms with van der Waals surface area (Å²) < 4.78 is 30.5. The third-order valence-electron chi connectivity index (χ3n) is 6.45. The molecule has 1 amide bonds. The van der Waals surface area contributed by atoms with Gasteiger partial charge in [0.05, 0.1) is 18.7 Å². The van der Waals surface area contributed by atoms with Gasteiger partial charge in [0.1, 0.15) is 23.1 Å². The molecule has 0 radical (unpaired) electrons. The highest BCUT2D eigenvalue weighted by atomic mass is 19.1. The number of ether oxygens (including phenoxy) is 2. The lowest BCUT2D eigenvalue weighted by Gasteiger charge is -2.32. The number of halogens is 1. The Bertz CT molecular complexity index is 1230. The van der Waals surface area contributed by atoms with Crippen molar-refractivity contribution in [2.45, 2.75) is 51.4 Å². The van der Waals surface area contributed by atoms with Crippen LogP contribution in [0.1, 0.15) is 44.4 Å². The summed E-state index contributed by atoms with van der Waals surface area (Å²) >= 11 is 0. The van der Waals surface area contributed by atoms with Crippen molar-refractivity contribution >= 4 is 22.8 Å². The van der Waals surface area contributed by atoms with Gasteiger partial charge in [0.2, 0.25) is 5.91 Å². The van der Waals surface area contributed by atoms with Crippen molar-refractivity contribution < 1.29 is 27.9 Å². The zero-order chi connectivity index (χ0) is 26.6. The van der Waals surface area contributed by atoms with E-state index in [1.54, 1.807) is 45.0 Å². The fourth-order valence-electron chi connectivity index (χ4n) is 4.64. The topological polar surface area (TPSA) is 72.2 Å². The van der Waals surface area contributed by atoms with E-state index in [2.05, 4.69) is 0 Å². The summed E-state index contributed by atoms with van der Waals surface area (Å²) in [5.41, 5.74) is 1.88. The summed E-state index contributed by atoms with van der Waals surface area (Å²) in [6.07, 6.45) is 1.47. The third kappa shape index (κ3) is 7.10. The van der Waals surface area contributed by atoms with Gasteiger partial charge in [-0.05, 0) is 62.6 Å². The van der Waals surface area contributed by atoms with Gasteiger partial charge < -0.3 is 18.8 Å². The number of benzene rings is 2. The molecule has 1 saturated heterocycles. The van der Waals surface area contributed by atoms with Gasteiger partial charge in [-0.2, -0.15) is 0 Å². The molecule has 37 heavy (non-hydrogen) atoms. The Morgan fingerprint density at radius 2 is 1.97 bits per heavy atom. The molecule has 3 aromatic rings. The number of rotatable bonds is 9. The average Bonchev–Trinajstić information content (AvgIpc) is 3.49. The Morgan fingerprint density at radius 1 is 1.19 bits per heavy atom. The molecule has 2 aromatic carbocycles. The number of hydrogen-bond acceptors (Lipinski definition) is 6. The molecule has 0 aliphatic carbocycles. The highest BCUT2D eigenvalue weighted by Crippen LogP contribution is 2.28. The summed E-state index contributed by atoms with van der Waals surface area (Å²) in [7, 11) is 1.78. The minimum absolute atomic E-state index is 0.0604. The fourth-order valence-corrected chi connectivity index (χ4v) is 4.64. The van der Waals surface area contributed by atoms with Crippen LogP contribution in [0.4, 0.5) is 4.39 Å². The van der Waals surface area contributed by atoms with Crippen LogP contribution >= 0.6 is 0 Å². The predicted octanol–water partition coefficient (Wildman–Crippen LogP) is 4.94. The van der Waals surface area contributed by atoms with E-state index in [1.165, 1.54) is 0 Å². The van der Waals surface area contributed by atoms with Gasteiger partial charge in [-0.1, -0.05) is 24.3 Å². The van der Waals surface area contributed by atoms with Crippen LogP contribution in [-0.2, 0) is 20.7 Å². The number of carbonyl (C=O) groups excluding carboxylic acids is 2. The molecule has 198 valence electrons. The number of fused-ring (bicyclic) bond motifs is 1. The van der Waals surface area contributed by atoms with Crippen molar-refractivity contribution in [1.29, 1.82) is 0 Å². The zero-order valence-corrected chi connectivity index (χ0v) is 21.9. The van der Waals surface area contributed by atoms with Crippen molar-refractivity contribution in [3.8, 4) is 5.75 Å². The maximum Gasteiger partial charge on any atom is 0.344 e. The standard InChI is InChI=1S/C29H35FN2O5/c1-29(2,3)37-28(34)19-36-23-9-5-8-21(15-23)25(18-32-13-11-22(30)17-32)31(4)27(33)16-20-7-6-10-26-24(20)12-14-35-26/h5-10,12,14-15,22,25H,11,13,16-19H2,1-4H3/t22-,25+/m0/s1. The lowest BCUT2D eigenvalue weighted by molar-refractivity contribution is -0.157. The zero-order valence-electron chi connectivity index (χ0n) is 21.9. The molecule has 1 fully saturated rings. The van der Waals surface area contributed by atoms with Crippen molar-refractivity contribution in [1.82, 2.24) is 9.80 Å². The predicted molar refractivity (Wildman–Crippen MR) is 139 cm³/mol. The number of carbonyl (C=O) groups is 2. The molecular weight excluding hydrogens is 475 g/mol. The first kappa shape index (κ1) is 26.7. The molecule has 4 rings (SSSR count). The molecule has 0 saturated carbocycles. The van der Waals surface area contributed by atoms with Gasteiger partial charge >= 0.3 is 5.97 Å². The van der Waals surface area contributed by atoms with E-state index < -0.39 is 17.7 Å². The van der Waals surface area contributed by atoms with Crippen LogP contribution in [-0.4, -0.2) is 66.7 Å². The van der Waals surface area contributed by atoms with Crippen LogP contribution in [0.5, 0.6) is 5.75 Å². The quantitative estimate of drug-likeness (QED) is 0.380. The van der Waals surface area contributed by atoms with Gasteiger partial charge in [-0.25, -0.2) is 9.18 Å². The summed E-state index contributed by atoms with van der Waals surface area (Å²) in [4.78, 5) is 29.3. The second-order valence-corrected chi connectivity index (χ2v) is 10.5. The van der Waals surface area contributed by atoms with E-state index in [9.17, 15) is 14.0 Å². The number of nitrogens with zero attached hydrogens (tertiary/aromatic N) is 2. The van der Waals surface area contributed by atoms with Crippen LogP contribution in [0.15, 0.2) is 59.2 Å². The summed E-state index contributed by atoms with van der Waals surface area (Å²) in [6.45, 7) is 6.67. The minimum atomic E-state index is -0.858. The SMILES string of the molecule is CN(C(=O)Cc1cccc2occc12)[C@H](CN1CC[C@H](F)C1)c1cccc(OCC(=O)OC(C)(C)C)c1. The first-order valence-corrected chi connectivity index (χ1v) is 12.6. The number of alkyl halides is 1. The lowest BCUT2D eigenvalue weighted by Crippen LogP contribution is -2.39. The molecule has 2 atom stereocenters. The molecule has 1 aliphatic heterocycles. The van der Waals surface area contributed by atoms with Gasteiger partial charge in [0.15, 0.2) is 6.61 Å². The molecule has 7 nitrogen and oxygen atoms in total. The Labute approximate surface area is 217 Å². The number of likely N-dealkylation sites (tertiary alicyclic amines) is 1. The lowest BCUT2D eigenvalue weighted by atomic mass is 10.0. The number of amides is 1. The van der Waals surface area contributed by atoms with Crippen molar-refractivity contribution in [3.63, 3.8) is 0 Å². The first-order valence-electron chi connectivity index (χ1n) is 12.6. The maximum atomic E-state index is 14.0. The van der Waals surface area contributed by atoms with E-state index in [0.29, 0.717) is 31.8 Å². The van der Waals surface area contributed by atoms with Crippen LogP contribution < -0.4 is 4.74 Å². The smallest absolute Gasteiger partial charge is 0.344 e. The third-order valence-corrected chi connectivity index (χ3v) is 6.45. The van der Waals surface area contributed by atoms with Gasteiger partial charge in [-0.15, -0.1) is 0 Å². The summed E-state index contributed by atoms with van der Waals surface area (Å²) in [5, 5.41) is 0.915. The second kappa shape index (κ2) is 11.3. The Morgan fingerprint density at radius 3 is 2.70 bits per heavy atom. The molecule has 0 N–H and O–H groups in total. The molecule has 0 unspecified atom stereocenters. The number of hydrogen-bond donors (Lipinski definition) is 0. The van der Waals surface area contributed by atoms with Crippen LogP contribution in [0.25, 0.3) is 11.0 Å². The van der Waals surface area contributed by atoms with Gasteiger partial charge in [0, 0.05) is 32.1 Å². The number of esters is 1. The van der Waals surface area contributed by atoms with Gasteiger partial charge in [0.25, 0.3) is 0 Å². The Kier molecular flexibility index (Phi) is 8.17. The number of furan rings is 1. The minimum Gasteiger partial charge on any atom is -0.482 e. The molecule has 1 aromatic heterocycles. The fraction of sp³-hybridized carbons (Fsp3) is 0.448. The Balaban J connectivity index is 1.52. The van der Waals surface area contributed by atoms with Crippen molar-refractivity contribution in [2.75, 3.05) is 33.3 Å². The van der Waals surface area contributed by atoms with E-state index in [4.69, 9.17) is 13.9 Å². The number of likely N-dealkylation sites (N-methyl/N-ethyl adjacent to an activating group) is 1. The molecule has 1 aliphatic rings. The molecule has 0 spiro atoms. The van der Waals surface area contributed by atoms with Crippen molar-refractivity contribution in [3.05, 3.63) is 65.9 Å². The molecule has 0 bridgehead atoms. The highest BCUT2D eigenvalue weighted by molar-refractivity contribution is 5.87. The van der Waals surface area contributed by atoms with Crippen LogP contribution in [0.3, 0.4) is 0 Å². The van der Waals surface area contributed by atoms with Crippen LogP contribution in [0, 0.1) is 0 Å². The van der Waals surface area contributed by atoms with E-state index >= 15 is 0 Å². The Hall–Kier alpha value is -3.39. The monoisotopic (exact) mass is 510 g/mol. The summed E-state index contributed by atoms with van der Waals surface area (Å²) in [6, 6.07) is 14.6. The van der Waals surface area contributed by atoms with Crippen LogP contribution in [0.2, 0.25) is 0 Å². The summed E-state index contributed by atoms with van der Waals surface area (Å²) in [5.74, 6) is -0.0156. The maximum absolute atomic E-state index is 14.0.